The lowest BCUT2D eigenvalue weighted by Crippen LogP contribution is -2.23. The summed E-state index contributed by atoms with van der Waals surface area (Å²) in [5.74, 6) is 3.94. The largest absolute Gasteiger partial charge is 0.497 e. The Hall–Kier alpha value is -2.35. The number of rotatable bonds is 4. The number of methoxy groups -OCH3 is 2. The number of ether oxygens (including phenoxy) is 2. The molecule has 5 nitrogen and oxygen atoms in total. The van der Waals surface area contributed by atoms with Gasteiger partial charge >= 0.3 is 0 Å². The number of terminal acetylenes is 1. The summed E-state index contributed by atoms with van der Waals surface area (Å²) in [4.78, 5) is 3.92. The lowest BCUT2D eigenvalue weighted by atomic mass is 10.2. The summed E-state index contributed by atoms with van der Waals surface area (Å²) in [7, 11) is 3.16. The van der Waals surface area contributed by atoms with Crippen LogP contribution in [0.1, 0.15) is 0 Å². The second kappa shape index (κ2) is 6.28. The van der Waals surface area contributed by atoms with Crippen LogP contribution < -0.4 is 20.5 Å². The molecule has 0 heterocycles. The van der Waals surface area contributed by atoms with E-state index in [4.69, 9.17) is 21.6 Å². The van der Waals surface area contributed by atoms with Crippen LogP contribution in [0.3, 0.4) is 0 Å². The van der Waals surface area contributed by atoms with E-state index in [9.17, 15) is 0 Å². The summed E-state index contributed by atoms with van der Waals surface area (Å²) in [6.07, 6.45) is 5.09. The summed E-state index contributed by atoms with van der Waals surface area (Å²) in [5, 5.41) is 2.90. The standard InChI is InChI=1S/C12H15N3O2/c1-4-7-14-12(13)15-10-8-9(16-2)5-6-11(10)17-3/h1,5-6,8H,7H2,2-3H3,(H3,13,14,15). The Morgan fingerprint density at radius 1 is 1.47 bits per heavy atom. The highest BCUT2D eigenvalue weighted by atomic mass is 16.5. The molecule has 90 valence electrons. The van der Waals surface area contributed by atoms with Crippen LogP contribution in [-0.2, 0) is 0 Å². The number of guanidine groups is 1. The minimum Gasteiger partial charge on any atom is -0.497 e. The summed E-state index contributed by atoms with van der Waals surface area (Å²) in [6.45, 7) is 0.227. The molecule has 0 radical (unpaired) electrons. The first kappa shape index (κ1) is 12.7. The van der Waals surface area contributed by atoms with Gasteiger partial charge in [-0.1, -0.05) is 5.92 Å². The highest BCUT2D eigenvalue weighted by molar-refractivity contribution is 5.94. The molecular formula is C12H15N3O2. The van der Waals surface area contributed by atoms with Gasteiger partial charge in [-0.2, -0.15) is 0 Å². The lowest BCUT2D eigenvalue weighted by molar-refractivity contribution is 0.405. The van der Waals surface area contributed by atoms with Gasteiger partial charge in [0, 0.05) is 6.07 Å². The Kier molecular flexibility index (Phi) is 4.70. The fraction of sp³-hybridized carbons (Fsp3) is 0.250. The van der Waals surface area contributed by atoms with Crippen LogP contribution in [0.5, 0.6) is 11.5 Å². The highest BCUT2D eigenvalue weighted by Gasteiger charge is 2.05. The molecule has 0 aromatic heterocycles. The van der Waals surface area contributed by atoms with Gasteiger partial charge in [-0.3, -0.25) is 0 Å². The Morgan fingerprint density at radius 3 is 2.82 bits per heavy atom. The zero-order valence-corrected chi connectivity index (χ0v) is 9.86. The second-order valence-electron chi connectivity index (χ2n) is 3.10. The zero-order chi connectivity index (χ0) is 12.7. The van der Waals surface area contributed by atoms with Gasteiger partial charge in [0.25, 0.3) is 0 Å². The number of aliphatic imine (C=N–C) groups is 1. The van der Waals surface area contributed by atoms with Crippen molar-refractivity contribution >= 4 is 11.6 Å². The number of nitrogens with two attached hydrogens (primary N) is 1. The van der Waals surface area contributed by atoms with E-state index in [1.807, 2.05) is 0 Å². The predicted molar refractivity (Wildman–Crippen MR) is 68.5 cm³/mol. The van der Waals surface area contributed by atoms with Gasteiger partial charge in [-0.15, -0.1) is 6.42 Å². The third kappa shape index (κ3) is 3.61. The van der Waals surface area contributed by atoms with Crippen molar-refractivity contribution in [1.82, 2.24) is 0 Å². The first-order valence-electron chi connectivity index (χ1n) is 4.93. The minimum atomic E-state index is 0.227. The normalized spacial score (nSPS) is 10.5. The van der Waals surface area contributed by atoms with Crippen LogP contribution in [0.4, 0.5) is 5.69 Å². The summed E-state index contributed by atoms with van der Waals surface area (Å²) in [5.41, 5.74) is 6.33. The molecule has 0 amide bonds. The summed E-state index contributed by atoms with van der Waals surface area (Å²) >= 11 is 0. The third-order valence-corrected chi connectivity index (χ3v) is 2.01. The minimum absolute atomic E-state index is 0.227. The van der Waals surface area contributed by atoms with Crippen molar-refractivity contribution in [2.24, 2.45) is 10.7 Å². The molecule has 5 heteroatoms. The van der Waals surface area contributed by atoms with Gasteiger partial charge in [-0.05, 0) is 12.1 Å². The molecule has 0 aliphatic heterocycles. The van der Waals surface area contributed by atoms with Gasteiger partial charge in [0.2, 0.25) is 0 Å². The highest BCUT2D eigenvalue weighted by Crippen LogP contribution is 2.28. The second-order valence-corrected chi connectivity index (χ2v) is 3.10. The lowest BCUT2D eigenvalue weighted by Gasteiger charge is -2.11. The van der Waals surface area contributed by atoms with Crippen molar-refractivity contribution in [3.05, 3.63) is 18.2 Å². The van der Waals surface area contributed by atoms with E-state index in [1.165, 1.54) is 0 Å². The van der Waals surface area contributed by atoms with Crippen molar-refractivity contribution in [2.45, 2.75) is 0 Å². The maximum absolute atomic E-state index is 5.65. The van der Waals surface area contributed by atoms with E-state index in [0.717, 1.165) is 0 Å². The number of hydrogen-bond donors (Lipinski definition) is 2. The van der Waals surface area contributed by atoms with E-state index in [1.54, 1.807) is 32.4 Å². The molecule has 0 spiro atoms. The van der Waals surface area contributed by atoms with Crippen molar-refractivity contribution in [3.8, 4) is 23.8 Å². The molecule has 1 aromatic carbocycles. The molecule has 0 atom stereocenters. The van der Waals surface area contributed by atoms with Gasteiger partial charge in [0.05, 0.1) is 19.9 Å². The molecule has 3 N–H and O–H groups in total. The average Bonchev–Trinajstić information content (AvgIpc) is 2.36. The Labute approximate surface area is 101 Å². The molecular weight excluding hydrogens is 218 g/mol. The van der Waals surface area contributed by atoms with Crippen molar-refractivity contribution in [3.63, 3.8) is 0 Å². The van der Waals surface area contributed by atoms with E-state index >= 15 is 0 Å². The van der Waals surface area contributed by atoms with E-state index in [2.05, 4.69) is 16.2 Å². The maximum Gasteiger partial charge on any atom is 0.194 e. The first-order chi connectivity index (χ1) is 8.21. The van der Waals surface area contributed by atoms with Crippen LogP contribution in [0.2, 0.25) is 0 Å². The molecule has 0 bridgehead atoms. The van der Waals surface area contributed by atoms with Gasteiger partial charge in [0.15, 0.2) is 5.96 Å². The number of nitrogens with one attached hydrogen (secondary N) is 1. The maximum atomic E-state index is 5.65. The average molecular weight is 233 g/mol. The number of benzene rings is 1. The van der Waals surface area contributed by atoms with Gasteiger partial charge in [0.1, 0.15) is 18.0 Å². The Balaban J connectivity index is 2.91. The first-order valence-corrected chi connectivity index (χ1v) is 4.93. The number of anilines is 1. The molecule has 0 aliphatic rings. The Morgan fingerprint density at radius 2 is 2.24 bits per heavy atom. The molecule has 0 aliphatic carbocycles. The zero-order valence-electron chi connectivity index (χ0n) is 9.86. The van der Waals surface area contributed by atoms with Crippen LogP contribution >= 0.6 is 0 Å². The van der Waals surface area contributed by atoms with E-state index < -0.39 is 0 Å². The van der Waals surface area contributed by atoms with Crippen LogP contribution in [-0.4, -0.2) is 26.7 Å². The Bertz CT molecular complexity index is 450. The monoisotopic (exact) mass is 233 g/mol. The van der Waals surface area contributed by atoms with Gasteiger partial charge < -0.3 is 20.5 Å². The van der Waals surface area contributed by atoms with E-state index in [0.29, 0.717) is 17.2 Å². The fourth-order valence-electron chi connectivity index (χ4n) is 1.22. The van der Waals surface area contributed by atoms with Crippen LogP contribution in [0.15, 0.2) is 23.2 Å². The molecule has 0 fully saturated rings. The molecule has 1 aromatic rings. The van der Waals surface area contributed by atoms with Gasteiger partial charge in [-0.25, -0.2) is 4.99 Å². The number of nitrogens with zero attached hydrogens (tertiary/aromatic N) is 1. The van der Waals surface area contributed by atoms with Crippen molar-refractivity contribution in [2.75, 3.05) is 26.1 Å². The van der Waals surface area contributed by atoms with Crippen LogP contribution in [0, 0.1) is 12.3 Å². The topological polar surface area (TPSA) is 68.9 Å². The van der Waals surface area contributed by atoms with Crippen molar-refractivity contribution in [1.29, 1.82) is 0 Å². The van der Waals surface area contributed by atoms with Crippen LogP contribution in [0.25, 0.3) is 0 Å². The predicted octanol–water partition coefficient (Wildman–Crippen LogP) is 1.06. The molecule has 0 unspecified atom stereocenters. The summed E-state index contributed by atoms with van der Waals surface area (Å²) < 4.78 is 10.3. The molecule has 0 saturated carbocycles. The molecule has 0 saturated heterocycles. The molecule has 1 rings (SSSR count). The van der Waals surface area contributed by atoms with E-state index in [-0.39, 0.29) is 12.5 Å². The SMILES string of the molecule is C#CCN=C(N)Nc1cc(OC)ccc1OC. The smallest absolute Gasteiger partial charge is 0.194 e. The third-order valence-electron chi connectivity index (χ3n) is 2.01. The fourth-order valence-corrected chi connectivity index (χ4v) is 1.22. The quantitative estimate of drug-likeness (QED) is 0.463. The summed E-state index contributed by atoms with van der Waals surface area (Å²) in [6, 6.07) is 5.32. The number of hydrogen-bond acceptors (Lipinski definition) is 3. The van der Waals surface area contributed by atoms with Crippen molar-refractivity contribution < 1.29 is 9.47 Å². The molecule has 17 heavy (non-hydrogen) atoms.